The Morgan fingerprint density at radius 3 is 2.53 bits per heavy atom. The third kappa shape index (κ3) is 3.58. The van der Waals surface area contributed by atoms with E-state index in [2.05, 4.69) is 9.97 Å². The van der Waals surface area contributed by atoms with Gasteiger partial charge in [-0.1, -0.05) is 18.2 Å². The zero-order valence-corrected chi connectivity index (χ0v) is 17.0. The lowest BCUT2D eigenvalue weighted by Gasteiger charge is -2.27. The van der Waals surface area contributed by atoms with Crippen LogP contribution in [0.3, 0.4) is 0 Å². The Bertz CT molecular complexity index is 1160. The van der Waals surface area contributed by atoms with Gasteiger partial charge in [0.05, 0.1) is 11.4 Å². The number of anilines is 1. The zero-order chi connectivity index (χ0) is 20.5. The Labute approximate surface area is 179 Å². The summed E-state index contributed by atoms with van der Waals surface area (Å²) in [4.78, 5) is 8.68. The van der Waals surface area contributed by atoms with Crippen molar-refractivity contribution in [3.63, 3.8) is 0 Å². The van der Waals surface area contributed by atoms with Crippen LogP contribution in [-0.2, 0) is 0 Å². The molecule has 8 heteroatoms. The Morgan fingerprint density at radius 2 is 1.77 bits per heavy atom. The van der Waals surface area contributed by atoms with E-state index in [1.165, 1.54) is 6.33 Å². The molecule has 0 amide bonds. The first-order valence-corrected chi connectivity index (χ1v) is 10.3. The summed E-state index contributed by atoms with van der Waals surface area (Å²) in [7, 11) is 0. The summed E-state index contributed by atoms with van der Waals surface area (Å²) in [5.41, 5.74) is 8.66. The molecule has 1 saturated heterocycles. The second kappa shape index (κ2) is 7.93. The number of ether oxygens (including phenoxy) is 1. The van der Waals surface area contributed by atoms with Gasteiger partial charge in [0.1, 0.15) is 29.3 Å². The molecule has 0 radical (unpaired) electrons. The van der Waals surface area contributed by atoms with E-state index in [9.17, 15) is 0 Å². The number of para-hydroxylation sites is 1. The highest BCUT2D eigenvalue weighted by molar-refractivity contribution is 6.13. The third-order valence-corrected chi connectivity index (χ3v) is 5.62. The van der Waals surface area contributed by atoms with E-state index < -0.39 is 0 Å². The van der Waals surface area contributed by atoms with Crippen molar-refractivity contribution in [1.29, 1.82) is 0 Å². The summed E-state index contributed by atoms with van der Waals surface area (Å²) in [5.74, 6) is 1.97. The molecule has 1 unspecified atom stereocenters. The molecular formula is C22H21ClN6O. The number of aromatic nitrogens is 4. The van der Waals surface area contributed by atoms with Gasteiger partial charge < -0.3 is 10.5 Å². The number of rotatable bonds is 4. The second-order valence-electron chi connectivity index (χ2n) is 7.36. The van der Waals surface area contributed by atoms with Crippen LogP contribution in [0.15, 0.2) is 60.9 Å². The Hall–Kier alpha value is -3.16. The molecule has 7 nitrogen and oxygen atoms in total. The van der Waals surface area contributed by atoms with Crippen molar-refractivity contribution in [3.05, 3.63) is 60.9 Å². The van der Waals surface area contributed by atoms with E-state index >= 15 is 0 Å². The third-order valence-electron chi connectivity index (χ3n) is 5.32. The van der Waals surface area contributed by atoms with Crippen molar-refractivity contribution < 1.29 is 4.74 Å². The number of halogens is 1. The van der Waals surface area contributed by atoms with Gasteiger partial charge in [0, 0.05) is 18.7 Å². The van der Waals surface area contributed by atoms with E-state index in [0.717, 1.165) is 53.2 Å². The molecule has 3 heterocycles. The highest BCUT2D eigenvalue weighted by Crippen LogP contribution is 2.34. The number of hydrogen-bond acceptors (Lipinski definition) is 6. The topological polar surface area (TPSA) is 82.1 Å². The van der Waals surface area contributed by atoms with Crippen LogP contribution in [-0.4, -0.2) is 37.3 Å². The summed E-state index contributed by atoms with van der Waals surface area (Å²) >= 11 is 6.27. The van der Waals surface area contributed by atoms with Crippen LogP contribution in [0.5, 0.6) is 11.5 Å². The number of benzene rings is 2. The van der Waals surface area contributed by atoms with Gasteiger partial charge in [-0.05, 0) is 61.0 Å². The predicted octanol–water partition coefficient (Wildman–Crippen LogP) is 4.66. The van der Waals surface area contributed by atoms with Crippen LogP contribution in [0.2, 0.25) is 0 Å². The maximum Gasteiger partial charge on any atom is 0.164 e. The van der Waals surface area contributed by atoms with Gasteiger partial charge >= 0.3 is 0 Å². The van der Waals surface area contributed by atoms with Crippen molar-refractivity contribution in [1.82, 2.24) is 24.2 Å². The number of nitrogens with two attached hydrogens (primary N) is 1. The smallest absolute Gasteiger partial charge is 0.164 e. The molecule has 0 bridgehead atoms. The average Bonchev–Trinajstić information content (AvgIpc) is 3.16. The Kier molecular flexibility index (Phi) is 4.98. The van der Waals surface area contributed by atoms with Crippen LogP contribution < -0.4 is 10.5 Å². The average molecular weight is 421 g/mol. The number of nitrogens with zero attached hydrogens (tertiary/aromatic N) is 5. The molecule has 4 aromatic rings. The lowest BCUT2D eigenvalue weighted by Crippen LogP contribution is -2.31. The second-order valence-corrected chi connectivity index (χ2v) is 7.83. The summed E-state index contributed by atoms with van der Waals surface area (Å²) in [6, 6.07) is 17.6. The Balaban J connectivity index is 1.52. The minimum Gasteiger partial charge on any atom is -0.457 e. The lowest BCUT2D eigenvalue weighted by molar-refractivity contribution is 0.266. The van der Waals surface area contributed by atoms with Gasteiger partial charge in [0.15, 0.2) is 5.65 Å². The minimum absolute atomic E-state index is 0.141. The van der Waals surface area contributed by atoms with Crippen LogP contribution in [0, 0.1) is 0 Å². The molecule has 1 fully saturated rings. The van der Waals surface area contributed by atoms with Crippen molar-refractivity contribution in [2.75, 3.05) is 18.8 Å². The normalized spacial score (nSPS) is 17.3. The van der Waals surface area contributed by atoms with Crippen molar-refractivity contribution in [2.45, 2.75) is 18.9 Å². The molecule has 2 aromatic heterocycles. The van der Waals surface area contributed by atoms with Gasteiger partial charge in [0.2, 0.25) is 0 Å². The fourth-order valence-corrected chi connectivity index (χ4v) is 4.15. The highest BCUT2D eigenvalue weighted by Gasteiger charge is 2.26. The van der Waals surface area contributed by atoms with E-state index in [1.807, 2.05) is 63.7 Å². The maximum absolute atomic E-state index is 6.27. The molecule has 152 valence electrons. The SMILES string of the molecule is Nc1ncnc2c1c(-c1ccc(Oc3ccccc3)cc1)nn2C1CCCN(Cl)C1. The summed E-state index contributed by atoms with van der Waals surface area (Å²) < 4.78 is 9.65. The van der Waals surface area contributed by atoms with Crippen molar-refractivity contribution in [2.24, 2.45) is 0 Å². The standard InChI is InChI=1S/C22H21ClN6O/c23-28-12-4-5-16(13-28)29-22-19(21(24)25-14-26-22)20(27-29)15-8-10-18(11-9-15)30-17-6-2-1-3-7-17/h1-3,6-11,14,16H,4-5,12-13H2,(H2,24,25,26). The fraction of sp³-hybridized carbons (Fsp3) is 0.227. The number of fused-ring (bicyclic) bond motifs is 1. The quantitative estimate of drug-likeness (QED) is 0.483. The largest absolute Gasteiger partial charge is 0.457 e. The van der Waals surface area contributed by atoms with E-state index in [1.54, 1.807) is 0 Å². The molecule has 30 heavy (non-hydrogen) atoms. The van der Waals surface area contributed by atoms with E-state index in [0.29, 0.717) is 12.4 Å². The summed E-state index contributed by atoms with van der Waals surface area (Å²) in [6.07, 6.45) is 3.49. The molecule has 2 aromatic carbocycles. The van der Waals surface area contributed by atoms with Gasteiger partial charge in [0.25, 0.3) is 0 Å². The van der Waals surface area contributed by atoms with Crippen molar-refractivity contribution in [3.8, 4) is 22.8 Å². The predicted molar refractivity (Wildman–Crippen MR) is 117 cm³/mol. The maximum atomic E-state index is 6.27. The molecule has 0 saturated carbocycles. The minimum atomic E-state index is 0.141. The van der Waals surface area contributed by atoms with E-state index in [-0.39, 0.29) is 6.04 Å². The fourth-order valence-electron chi connectivity index (χ4n) is 3.87. The molecule has 1 atom stereocenters. The molecule has 1 aliphatic rings. The molecule has 2 N–H and O–H groups in total. The van der Waals surface area contributed by atoms with Crippen molar-refractivity contribution >= 4 is 28.6 Å². The van der Waals surface area contributed by atoms with Gasteiger partial charge in [-0.25, -0.2) is 19.1 Å². The van der Waals surface area contributed by atoms with Crippen LogP contribution in [0.4, 0.5) is 5.82 Å². The first kappa shape index (κ1) is 18.8. The van der Waals surface area contributed by atoms with Gasteiger partial charge in [-0.3, -0.25) is 0 Å². The van der Waals surface area contributed by atoms with Crippen LogP contribution in [0.1, 0.15) is 18.9 Å². The molecule has 0 aliphatic carbocycles. The molecular weight excluding hydrogens is 400 g/mol. The van der Waals surface area contributed by atoms with E-state index in [4.69, 9.17) is 27.3 Å². The first-order chi connectivity index (χ1) is 14.7. The first-order valence-electron chi connectivity index (χ1n) is 9.92. The molecule has 1 aliphatic heterocycles. The highest BCUT2D eigenvalue weighted by atomic mass is 35.5. The lowest BCUT2D eigenvalue weighted by atomic mass is 10.1. The Morgan fingerprint density at radius 1 is 1.00 bits per heavy atom. The van der Waals surface area contributed by atoms with Gasteiger partial charge in [-0.2, -0.15) is 5.10 Å². The summed E-state index contributed by atoms with van der Waals surface area (Å²) in [5, 5.41) is 5.66. The van der Waals surface area contributed by atoms with Gasteiger partial charge in [-0.15, -0.1) is 0 Å². The number of nitrogen functional groups attached to an aromatic ring is 1. The van der Waals surface area contributed by atoms with Crippen LogP contribution >= 0.6 is 11.8 Å². The molecule has 0 spiro atoms. The monoisotopic (exact) mass is 420 g/mol. The number of piperidine rings is 1. The molecule has 5 rings (SSSR count). The summed E-state index contributed by atoms with van der Waals surface area (Å²) in [6.45, 7) is 1.59. The zero-order valence-electron chi connectivity index (χ0n) is 16.3. The number of hydrogen-bond donors (Lipinski definition) is 1. The van der Waals surface area contributed by atoms with Crippen LogP contribution in [0.25, 0.3) is 22.3 Å².